The zero-order chi connectivity index (χ0) is 10.1. The fourth-order valence-electron chi connectivity index (χ4n) is 1.20. The van der Waals surface area contributed by atoms with Crippen molar-refractivity contribution in [3.8, 4) is 0 Å². The van der Waals surface area contributed by atoms with Crippen LogP contribution in [0.1, 0.15) is 9.67 Å². The van der Waals surface area contributed by atoms with E-state index >= 15 is 0 Å². The highest BCUT2D eigenvalue weighted by Crippen LogP contribution is 2.23. The molecule has 0 radical (unpaired) electrons. The molecule has 4 heteroatoms. The number of thiophene rings is 1. The minimum absolute atomic E-state index is 0.0352. The van der Waals surface area contributed by atoms with Crippen LogP contribution in [-0.2, 0) is 0 Å². The number of hydrogen-bond donors (Lipinski definition) is 0. The Morgan fingerprint density at radius 2 is 2.29 bits per heavy atom. The van der Waals surface area contributed by atoms with Gasteiger partial charge in [-0.05, 0) is 18.2 Å². The first-order chi connectivity index (χ1) is 6.68. The standard InChI is InChI=1S/C10H10N2OS/c1-12(2)10(13)9-6-7-8(14-9)4-3-5-11-7/h3-6H,1-2H3. The Morgan fingerprint density at radius 3 is 2.93 bits per heavy atom. The average molecular weight is 206 g/mol. The van der Waals surface area contributed by atoms with E-state index in [1.54, 1.807) is 25.2 Å². The first-order valence-electron chi connectivity index (χ1n) is 4.24. The van der Waals surface area contributed by atoms with Crippen molar-refractivity contribution >= 4 is 27.5 Å². The zero-order valence-electron chi connectivity index (χ0n) is 8.02. The van der Waals surface area contributed by atoms with Gasteiger partial charge in [-0.25, -0.2) is 0 Å². The molecular formula is C10H10N2OS. The molecule has 0 aromatic carbocycles. The van der Waals surface area contributed by atoms with Crippen LogP contribution in [0.5, 0.6) is 0 Å². The van der Waals surface area contributed by atoms with E-state index in [-0.39, 0.29) is 5.91 Å². The number of nitrogens with zero attached hydrogens (tertiary/aromatic N) is 2. The largest absolute Gasteiger partial charge is 0.344 e. The predicted molar refractivity (Wildman–Crippen MR) is 57.6 cm³/mol. The Balaban J connectivity index is 2.50. The third-order valence-electron chi connectivity index (χ3n) is 1.90. The first-order valence-corrected chi connectivity index (χ1v) is 5.06. The lowest BCUT2D eigenvalue weighted by Gasteiger charge is -2.06. The highest BCUT2D eigenvalue weighted by atomic mass is 32.1. The molecule has 1 amide bonds. The molecule has 0 unspecified atom stereocenters. The quantitative estimate of drug-likeness (QED) is 0.715. The Kier molecular flexibility index (Phi) is 2.21. The Labute approximate surface area is 86.0 Å². The molecule has 0 atom stereocenters. The molecule has 0 saturated heterocycles. The highest BCUT2D eigenvalue weighted by Gasteiger charge is 2.11. The van der Waals surface area contributed by atoms with Gasteiger partial charge in [0.25, 0.3) is 5.91 Å². The van der Waals surface area contributed by atoms with Crippen LogP contribution in [0, 0.1) is 0 Å². The van der Waals surface area contributed by atoms with E-state index in [0.717, 1.165) is 15.1 Å². The van der Waals surface area contributed by atoms with Crippen molar-refractivity contribution in [3.05, 3.63) is 29.3 Å². The Hall–Kier alpha value is -1.42. The van der Waals surface area contributed by atoms with Crippen LogP contribution in [0.25, 0.3) is 10.2 Å². The van der Waals surface area contributed by atoms with Crippen molar-refractivity contribution in [1.82, 2.24) is 9.88 Å². The summed E-state index contributed by atoms with van der Waals surface area (Å²) in [6.45, 7) is 0. The number of hydrogen-bond acceptors (Lipinski definition) is 3. The van der Waals surface area contributed by atoms with Crippen LogP contribution in [0.4, 0.5) is 0 Å². The monoisotopic (exact) mass is 206 g/mol. The maximum atomic E-state index is 11.6. The number of aromatic nitrogens is 1. The average Bonchev–Trinajstić information content (AvgIpc) is 2.59. The second-order valence-electron chi connectivity index (χ2n) is 3.20. The SMILES string of the molecule is CN(C)C(=O)c1cc2ncccc2s1. The molecule has 0 fully saturated rings. The van der Waals surface area contributed by atoms with Crippen LogP contribution >= 0.6 is 11.3 Å². The first kappa shape index (κ1) is 9.15. The molecule has 2 aromatic heterocycles. The van der Waals surface area contributed by atoms with Crippen molar-refractivity contribution in [2.75, 3.05) is 14.1 Å². The number of amides is 1. The van der Waals surface area contributed by atoms with Crippen molar-refractivity contribution in [1.29, 1.82) is 0 Å². The molecular weight excluding hydrogens is 196 g/mol. The lowest BCUT2D eigenvalue weighted by atomic mass is 10.3. The van der Waals surface area contributed by atoms with E-state index in [9.17, 15) is 4.79 Å². The van der Waals surface area contributed by atoms with E-state index in [1.807, 2.05) is 18.2 Å². The van der Waals surface area contributed by atoms with E-state index in [0.29, 0.717) is 0 Å². The van der Waals surface area contributed by atoms with Gasteiger partial charge in [0.1, 0.15) is 0 Å². The summed E-state index contributed by atoms with van der Waals surface area (Å²) in [6, 6.07) is 5.69. The molecule has 3 nitrogen and oxygen atoms in total. The summed E-state index contributed by atoms with van der Waals surface area (Å²) >= 11 is 1.48. The zero-order valence-corrected chi connectivity index (χ0v) is 8.84. The maximum absolute atomic E-state index is 11.6. The fourth-order valence-corrected chi connectivity index (χ4v) is 2.24. The van der Waals surface area contributed by atoms with Gasteiger partial charge in [0.15, 0.2) is 0 Å². The molecule has 14 heavy (non-hydrogen) atoms. The second kappa shape index (κ2) is 3.38. The van der Waals surface area contributed by atoms with Crippen molar-refractivity contribution in [2.45, 2.75) is 0 Å². The van der Waals surface area contributed by atoms with Gasteiger partial charge in [-0.1, -0.05) is 0 Å². The molecule has 2 aromatic rings. The van der Waals surface area contributed by atoms with Gasteiger partial charge in [-0.2, -0.15) is 0 Å². The van der Waals surface area contributed by atoms with Crippen LogP contribution in [-0.4, -0.2) is 29.9 Å². The van der Waals surface area contributed by atoms with Crippen LogP contribution in [0.2, 0.25) is 0 Å². The molecule has 0 N–H and O–H groups in total. The van der Waals surface area contributed by atoms with E-state index in [4.69, 9.17) is 0 Å². The molecule has 72 valence electrons. The van der Waals surface area contributed by atoms with Crippen molar-refractivity contribution in [3.63, 3.8) is 0 Å². The number of rotatable bonds is 1. The lowest BCUT2D eigenvalue weighted by Crippen LogP contribution is -2.20. The molecule has 0 aliphatic rings. The van der Waals surface area contributed by atoms with Gasteiger partial charge in [-0.15, -0.1) is 11.3 Å². The van der Waals surface area contributed by atoms with Crippen molar-refractivity contribution < 1.29 is 4.79 Å². The van der Waals surface area contributed by atoms with Crippen molar-refractivity contribution in [2.24, 2.45) is 0 Å². The topological polar surface area (TPSA) is 33.2 Å². The molecule has 0 aliphatic heterocycles. The summed E-state index contributed by atoms with van der Waals surface area (Å²) in [4.78, 5) is 18.1. The maximum Gasteiger partial charge on any atom is 0.263 e. The highest BCUT2D eigenvalue weighted by molar-refractivity contribution is 7.20. The summed E-state index contributed by atoms with van der Waals surface area (Å²) in [6.07, 6.45) is 1.74. The number of carbonyl (C=O) groups is 1. The van der Waals surface area contributed by atoms with Crippen LogP contribution in [0.15, 0.2) is 24.4 Å². The molecule has 0 spiro atoms. The van der Waals surface area contributed by atoms with Gasteiger partial charge < -0.3 is 4.90 Å². The third-order valence-corrected chi connectivity index (χ3v) is 2.98. The fraction of sp³-hybridized carbons (Fsp3) is 0.200. The lowest BCUT2D eigenvalue weighted by molar-refractivity contribution is 0.0832. The Bertz CT molecular complexity index is 443. The summed E-state index contributed by atoms with van der Waals surface area (Å²) in [5, 5.41) is 0. The normalized spacial score (nSPS) is 10.4. The molecule has 0 aliphatic carbocycles. The number of pyridine rings is 1. The minimum atomic E-state index is 0.0352. The molecule has 2 heterocycles. The predicted octanol–water partition coefficient (Wildman–Crippen LogP) is 2.00. The summed E-state index contributed by atoms with van der Waals surface area (Å²) in [5.41, 5.74) is 0.891. The second-order valence-corrected chi connectivity index (χ2v) is 4.28. The van der Waals surface area contributed by atoms with Gasteiger partial charge >= 0.3 is 0 Å². The van der Waals surface area contributed by atoms with E-state index in [2.05, 4.69) is 4.98 Å². The third kappa shape index (κ3) is 1.48. The summed E-state index contributed by atoms with van der Waals surface area (Å²) < 4.78 is 1.05. The van der Waals surface area contributed by atoms with Crippen LogP contribution < -0.4 is 0 Å². The molecule has 0 bridgehead atoms. The number of carbonyl (C=O) groups excluding carboxylic acids is 1. The van der Waals surface area contributed by atoms with Gasteiger partial charge in [0.05, 0.1) is 15.1 Å². The van der Waals surface area contributed by atoms with Gasteiger partial charge in [0.2, 0.25) is 0 Å². The van der Waals surface area contributed by atoms with E-state index < -0.39 is 0 Å². The smallest absolute Gasteiger partial charge is 0.263 e. The van der Waals surface area contributed by atoms with Gasteiger partial charge in [-0.3, -0.25) is 9.78 Å². The minimum Gasteiger partial charge on any atom is -0.344 e. The summed E-state index contributed by atoms with van der Waals surface area (Å²) in [7, 11) is 3.50. The molecule has 0 saturated carbocycles. The Morgan fingerprint density at radius 1 is 1.50 bits per heavy atom. The van der Waals surface area contributed by atoms with E-state index in [1.165, 1.54) is 11.3 Å². The number of fused-ring (bicyclic) bond motifs is 1. The van der Waals surface area contributed by atoms with Gasteiger partial charge in [0, 0.05) is 20.3 Å². The van der Waals surface area contributed by atoms with Crippen LogP contribution in [0.3, 0.4) is 0 Å². The molecule has 2 rings (SSSR count). The summed E-state index contributed by atoms with van der Waals surface area (Å²) in [5.74, 6) is 0.0352.